The van der Waals surface area contributed by atoms with Crippen molar-refractivity contribution in [3.8, 4) is 5.75 Å². The zero-order valence-corrected chi connectivity index (χ0v) is 14.7. The summed E-state index contributed by atoms with van der Waals surface area (Å²) in [6.07, 6.45) is 8.64. The highest BCUT2D eigenvalue weighted by molar-refractivity contribution is 6.32. The first-order valence-corrected chi connectivity index (χ1v) is 8.96. The molecule has 0 spiro atoms. The molecule has 0 aliphatic heterocycles. The van der Waals surface area contributed by atoms with Crippen LogP contribution in [0.5, 0.6) is 5.75 Å². The second-order valence-electron chi connectivity index (χ2n) is 6.60. The van der Waals surface area contributed by atoms with Crippen molar-refractivity contribution in [1.82, 2.24) is 0 Å². The number of rotatable bonds is 3. The summed E-state index contributed by atoms with van der Waals surface area (Å²) in [7, 11) is 0. The van der Waals surface area contributed by atoms with Gasteiger partial charge < -0.3 is 4.74 Å². The summed E-state index contributed by atoms with van der Waals surface area (Å²) >= 11 is 6.38. The number of fused-ring (bicyclic) bond motifs is 4. The predicted molar refractivity (Wildman–Crippen MR) is 101 cm³/mol. The molecule has 122 valence electrons. The van der Waals surface area contributed by atoms with Crippen LogP contribution >= 0.6 is 11.6 Å². The molecule has 0 atom stereocenters. The van der Waals surface area contributed by atoms with Gasteiger partial charge in [0.1, 0.15) is 12.4 Å². The number of halogens is 1. The van der Waals surface area contributed by atoms with Crippen molar-refractivity contribution < 1.29 is 4.74 Å². The fourth-order valence-corrected chi connectivity index (χ4v) is 4.25. The maximum atomic E-state index is 6.38. The van der Waals surface area contributed by atoms with Gasteiger partial charge in [-0.2, -0.15) is 0 Å². The van der Waals surface area contributed by atoms with Crippen molar-refractivity contribution in [2.75, 3.05) is 6.61 Å². The van der Waals surface area contributed by atoms with Gasteiger partial charge in [-0.1, -0.05) is 54.1 Å². The van der Waals surface area contributed by atoms with Gasteiger partial charge >= 0.3 is 0 Å². The van der Waals surface area contributed by atoms with E-state index in [0.717, 1.165) is 17.4 Å². The minimum atomic E-state index is 0.467. The molecule has 0 unspecified atom stereocenters. The van der Waals surface area contributed by atoms with Gasteiger partial charge in [0, 0.05) is 5.22 Å². The molecule has 2 aliphatic carbocycles. The molecule has 0 heterocycles. The van der Waals surface area contributed by atoms with Gasteiger partial charge in [-0.15, -0.1) is 0 Å². The van der Waals surface area contributed by atoms with Crippen LogP contribution in [0.15, 0.2) is 36.9 Å². The van der Waals surface area contributed by atoms with E-state index in [-0.39, 0.29) is 0 Å². The van der Waals surface area contributed by atoms with Crippen LogP contribution in [0.3, 0.4) is 0 Å². The maximum absolute atomic E-state index is 6.38. The van der Waals surface area contributed by atoms with Crippen LogP contribution in [-0.2, 0) is 12.8 Å². The van der Waals surface area contributed by atoms with E-state index in [9.17, 15) is 0 Å². The third kappa shape index (κ3) is 2.39. The Morgan fingerprint density at radius 3 is 2.71 bits per heavy atom. The molecular formula is C22H21ClO. The molecule has 0 N–H and O–H groups in total. The monoisotopic (exact) mass is 336 g/mol. The topological polar surface area (TPSA) is 9.23 Å². The summed E-state index contributed by atoms with van der Waals surface area (Å²) in [6, 6.07) is 8.65. The second kappa shape index (κ2) is 6.14. The molecule has 0 bridgehead atoms. The fraction of sp³-hybridized carbons (Fsp3) is 0.273. The highest BCUT2D eigenvalue weighted by Crippen LogP contribution is 2.24. The third-order valence-corrected chi connectivity index (χ3v) is 5.46. The van der Waals surface area contributed by atoms with Crippen LogP contribution in [0, 0.1) is 10.4 Å². The molecule has 0 radical (unpaired) electrons. The molecule has 2 aliphatic rings. The first-order chi connectivity index (χ1) is 11.7. The van der Waals surface area contributed by atoms with Crippen molar-refractivity contribution in [3.63, 3.8) is 0 Å². The van der Waals surface area contributed by atoms with Gasteiger partial charge in [0.2, 0.25) is 0 Å². The molecule has 0 saturated heterocycles. The largest absolute Gasteiger partial charge is 0.487 e. The van der Waals surface area contributed by atoms with Gasteiger partial charge in [-0.3, -0.25) is 0 Å². The summed E-state index contributed by atoms with van der Waals surface area (Å²) < 4.78 is 5.84. The standard InChI is InChI=1S/C22H21ClO/c1-3-13-24-22-20-10-9-17-16-6-4-5-14(2)15(16)7-8-18(17)19(20)11-12-21(22)23/h3,7-8,10-12H,1,4-6,9,13H2,2H3. The van der Waals surface area contributed by atoms with Crippen LogP contribution in [0.2, 0.25) is 5.02 Å². The van der Waals surface area contributed by atoms with Crippen molar-refractivity contribution >= 4 is 23.3 Å². The van der Waals surface area contributed by atoms with Gasteiger partial charge in [0.05, 0.1) is 5.02 Å². The highest BCUT2D eigenvalue weighted by atomic mass is 35.5. The van der Waals surface area contributed by atoms with Gasteiger partial charge in [0.25, 0.3) is 0 Å². The van der Waals surface area contributed by atoms with E-state index in [0.29, 0.717) is 11.6 Å². The Bertz CT molecular complexity index is 1050. The van der Waals surface area contributed by atoms with E-state index < -0.39 is 0 Å². The molecule has 0 saturated carbocycles. The first-order valence-electron chi connectivity index (χ1n) is 8.58. The lowest BCUT2D eigenvalue weighted by Gasteiger charge is -2.19. The molecule has 0 amide bonds. The smallest absolute Gasteiger partial charge is 0.145 e. The summed E-state index contributed by atoms with van der Waals surface area (Å²) in [5.41, 5.74) is 4.55. The number of hydrogen-bond donors (Lipinski definition) is 0. The van der Waals surface area contributed by atoms with E-state index in [1.54, 1.807) is 11.6 Å². The Morgan fingerprint density at radius 2 is 1.88 bits per heavy atom. The predicted octanol–water partition coefficient (Wildman–Crippen LogP) is 4.04. The fourth-order valence-electron chi connectivity index (χ4n) is 4.03. The van der Waals surface area contributed by atoms with E-state index in [4.69, 9.17) is 16.3 Å². The Hall–Kier alpha value is -1.99. The summed E-state index contributed by atoms with van der Waals surface area (Å²) in [6.45, 7) is 6.47. The number of ether oxygens (including phenoxy) is 1. The van der Waals surface area contributed by atoms with Gasteiger partial charge in [-0.05, 0) is 65.5 Å². The minimum absolute atomic E-state index is 0.467. The normalized spacial score (nSPS) is 15.0. The Labute approximate surface area is 147 Å². The van der Waals surface area contributed by atoms with E-state index in [1.165, 1.54) is 46.1 Å². The zero-order chi connectivity index (χ0) is 16.7. The van der Waals surface area contributed by atoms with Crippen molar-refractivity contribution in [1.29, 1.82) is 0 Å². The molecule has 0 aromatic heterocycles. The zero-order valence-electron chi connectivity index (χ0n) is 14.0. The van der Waals surface area contributed by atoms with Crippen LogP contribution in [-0.4, -0.2) is 6.61 Å². The minimum Gasteiger partial charge on any atom is -0.487 e. The number of hydrogen-bond acceptors (Lipinski definition) is 1. The molecule has 2 aromatic carbocycles. The summed E-state index contributed by atoms with van der Waals surface area (Å²) in [5.74, 6) is 0.778. The van der Waals surface area contributed by atoms with Crippen LogP contribution < -0.4 is 15.2 Å². The molecule has 1 nitrogen and oxygen atoms in total. The molecular weight excluding hydrogens is 316 g/mol. The first kappa shape index (κ1) is 15.5. The Kier molecular flexibility index (Phi) is 3.97. The molecule has 24 heavy (non-hydrogen) atoms. The number of benzene rings is 2. The van der Waals surface area contributed by atoms with Gasteiger partial charge in [-0.25, -0.2) is 0 Å². The highest BCUT2D eigenvalue weighted by Gasteiger charge is 2.15. The Morgan fingerprint density at radius 1 is 1.08 bits per heavy atom. The average Bonchev–Trinajstić information content (AvgIpc) is 2.60. The van der Waals surface area contributed by atoms with Crippen molar-refractivity contribution in [3.05, 3.63) is 73.9 Å². The molecule has 4 rings (SSSR count). The van der Waals surface area contributed by atoms with Crippen molar-refractivity contribution in [2.24, 2.45) is 0 Å². The lowest BCUT2D eigenvalue weighted by molar-refractivity contribution is 0.360. The lowest BCUT2D eigenvalue weighted by atomic mass is 9.86. The second-order valence-corrected chi connectivity index (χ2v) is 7.00. The molecule has 2 heteroatoms. The summed E-state index contributed by atoms with van der Waals surface area (Å²) in [5, 5.41) is 5.81. The summed E-state index contributed by atoms with van der Waals surface area (Å²) in [4.78, 5) is 0. The van der Waals surface area contributed by atoms with E-state index >= 15 is 0 Å². The van der Waals surface area contributed by atoms with E-state index in [1.807, 2.05) is 6.07 Å². The van der Waals surface area contributed by atoms with E-state index in [2.05, 4.69) is 37.8 Å². The molecule has 2 aromatic rings. The SMILES string of the molecule is C=CCOc1c(Cl)ccc2c1=CCc1c3c(ccc1=2)=C(C)CCC3. The molecule has 0 fully saturated rings. The third-order valence-electron chi connectivity index (χ3n) is 5.16. The van der Waals surface area contributed by atoms with Gasteiger partial charge in [0.15, 0.2) is 0 Å². The van der Waals surface area contributed by atoms with Crippen molar-refractivity contribution in [2.45, 2.75) is 32.6 Å². The van der Waals surface area contributed by atoms with Crippen LogP contribution in [0.25, 0.3) is 11.6 Å². The van der Waals surface area contributed by atoms with Crippen LogP contribution in [0.4, 0.5) is 0 Å². The average molecular weight is 337 g/mol. The maximum Gasteiger partial charge on any atom is 0.145 e. The Balaban J connectivity index is 2.09. The quantitative estimate of drug-likeness (QED) is 0.769. The van der Waals surface area contributed by atoms with Crippen LogP contribution in [0.1, 0.15) is 30.9 Å². The lowest BCUT2D eigenvalue weighted by Crippen LogP contribution is -2.22.